The summed E-state index contributed by atoms with van der Waals surface area (Å²) in [6, 6.07) is 0. The minimum atomic E-state index is -0.777. The number of ether oxygens (including phenoxy) is 1. The maximum absolute atomic E-state index is 10.2. The summed E-state index contributed by atoms with van der Waals surface area (Å²) in [5, 5.41) is 0. The molecule has 0 spiro atoms. The topological polar surface area (TPSA) is 90.7 Å². The second-order valence-electron chi connectivity index (χ2n) is 1.35. The lowest BCUT2D eigenvalue weighted by atomic mass is 10.7. The predicted octanol–water partition coefficient (Wildman–Crippen LogP) is -1.24. The Morgan fingerprint density at radius 2 is 2.20 bits per heavy atom. The summed E-state index contributed by atoms with van der Waals surface area (Å²) < 4.78 is 4.10. The number of hydrogen-bond acceptors (Lipinski definition) is 4. The highest BCUT2D eigenvalue weighted by Crippen LogP contribution is 1.71. The van der Waals surface area contributed by atoms with Gasteiger partial charge in [0.2, 0.25) is 5.91 Å². The van der Waals surface area contributed by atoms with Crippen molar-refractivity contribution in [2.75, 3.05) is 13.7 Å². The summed E-state index contributed by atoms with van der Waals surface area (Å²) in [6.07, 6.45) is -0.777. The molecule has 0 aromatic rings. The van der Waals surface area contributed by atoms with Gasteiger partial charge in [0.15, 0.2) is 6.61 Å². The molecule has 0 radical (unpaired) electrons. The van der Waals surface area contributed by atoms with Gasteiger partial charge in [0.25, 0.3) is 0 Å². The van der Waals surface area contributed by atoms with E-state index in [9.17, 15) is 9.59 Å². The highest BCUT2D eigenvalue weighted by Gasteiger charge is 1.98. The monoisotopic (exact) mass is 148 g/mol. The molecule has 0 heterocycles. The van der Waals surface area contributed by atoms with E-state index in [4.69, 9.17) is 0 Å². The molecule has 2 amide bonds. The van der Waals surface area contributed by atoms with E-state index in [-0.39, 0.29) is 6.61 Å². The SMILES string of the molecule is COC(=O)NOCC(N)=O. The van der Waals surface area contributed by atoms with Crippen LogP contribution < -0.4 is 11.2 Å². The van der Waals surface area contributed by atoms with E-state index >= 15 is 0 Å². The lowest BCUT2D eigenvalue weighted by Crippen LogP contribution is -2.29. The van der Waals surface area contributed by atoms with Crippen molar-refractivity contribution in [1.82, 2.24) is 5.48 Å². The Kier molecular flexibility index (Phi) is 3.97. The van der Waals surface area contributed by atoms with Crippen LogP contribution in [0, 0.1) is 0 Å². The molecule has 0 saturated heterocycles. The number of primary amides is 1. The Labute approximate surface area is 57.2 Å². The molecule has 0 aromatic heterocycles. The first-order valence-corrected chi connectivity index (χ1v) is 2.41. The van der Waals surface area contributed by atoms with E-state index < -0.39 is 12.0 Å². The molecule has 0 unspecified atom stereocenters. The molecular weight excluding hydrogens is 140 g/mol. The van der Waals surface area contributed by atoms with Crippen molar-refractivity contribution in [2.24, 2.45) is 5.73 Å². The smallest absolute Gasteiger partial charge is 0.431 e. The van der Waals surface area contributed by atoms with Gasteiger partial charge in [-0.25, -0.2) is 4.79 Å². The van der Waals surface area contributed by atoms with Gasteiger partial charge in [-0.1, -0.05) is 0 Å². The third-order valence-electron chi connectivity index (χ3n) is 0.555. The fourth-order valence-electron chi connectivity index (χ4n) is 0.208. The molecule has 10 heavy (non-hydrogen) atoms. The molecule has 6 nitrogen and oxygen atoms in total. The Bertz CT molecular complexity index is 135. The minimum absolute atomic E-state index is 0.366. The Balaban J connectivity index is 3.20. The van der Waals surface area contributed by atoms with Crippen LogP contribution >= 0.6 is 0 Å². The number of amides is 2. The van der Waals surface area contributed by atoms with E-state index in [1.54, 1.807) is 5.48 Å². The van der Waals surface area contributed by atoms with Crippen molar-refractivity contribution in [2.45, 2.75) is 0 Å². The number of rotatable bonds is 3. The highest BCUT2D eigenvalue weighted by atomic mass is 16.7. The molecule has 3 N–H and O–H groups in total. The summed E-state index contributed by atoms with van der Waals surface area (Å²) in [5.74, 6) is -0.670. The number of nitrogens with one attached hydrogen (secondary N) is 1. The normalized spacial score (nSPS) is 8.50. The molecule has 0 aliphatic rings. The van der Waals surface area contributed by atoms with E-state index in [1.165, 1.54) is 7.11 Å². The van der Waals surface area contributed by atoms with Crippen LogP contribution in [0.15, 0.2) is 0 Å². The minimum Gasteiger partial charge on any atom is -0.451 e. The average molecular weight is 148 g/mol. The molecule has 58 valence electrons. The lowest BCUT2D eigenvalue weighted by molar-refractivity contribution is -0.124. The van der Waals surface area contributed by atoms with E-state index in [0.29, 0.717) is 0 Å². The zero-order chi connectivity index (χ0) is 7.98. The molecule has 0 aliphatic carbocycles. The quantitative estimate of drug-likeness (QED) is 0.490. The molecule has 0 fully saturated rings. The van der Waals surface area contributed by atoms with Crippen LogP contribution in [-0.2, 0) is 14.4 Å². The Morgan fingerprint density at radius 1 is 1.60 bits per heavy atom. The molecule has 0 saturated carbocycles. The predicted molar refractivity (Wildman–Crippen MR) is 30.7 cm³/mol. The van der Waals surface area contributed by atoms with Crippen molar-refractivity contribution >= 4 is 12.0 Å². The van der Waals surface area contributed by atoms with Crippen LogP contribution in [0.5, 0.6) is 0 Å². The molecular formula is C4H8N2O4. The summed E-state index contributed by atoms with van der Waals surface area (Å²) in [5.41, 5.74) is 6.47. The van der Waals surface area contributed by atoms with E-state index in [2.05, 4.69) is 15.3 Å². The Hall–Kier alpha value is -1.30. The standard InChI is InChI=1S/C4H8N2O4/c1-9-4(8)6-10-2-3(5)7/h2H2,1H3,(H2,5,7)(H,6,8). The van der Waals surface area contributed by atoms with Gasteiger partial charge < -0.3 is 10.5 Å². The summed E-state index contributed by atoms with van der Waals surface area (Å²) in [6.45, 7) is -0.366. The van der Waals surface area contributed by atoms with Gasteiger partial charge in [-0.05, 0) is 0 Å². The number of nitrogens with two attached hydrogens (primary N) is 1. The average Bonchev–Trinajstić information content (AvgIpc) is 1.87. The Morgan fingerprint density at radius 3 is 2.60 bits per heavy atom. The number of carbonyl (C=O) groups excluding carboxylic acids is 2. The van der Waals surface area contributed by atoms with E-state index in [0.717, 1.165) is 0 Å². The fraction of sp³-hybridized carbons (Fsp3) is 0.500. The first kappa shape index (κ1) is 8.70. The van der Waals surface area contributed by atoms with Crippen molar-refractivity contribution in [3.05, 3.63) is 0 Å². The summed E-state index contributed by atoms with van der Waals surface area (Å²) >= 11 is 0. The van der Waals surface area contributed by atoms with Crippen molar-refractivity contribution < 1.29 is 19.2 Å². The number of hydroxylamine groups is 1. The van der Waals surface area contributed by atoms with Crippen molar-refractivity contribution in [3.63, 3.8) is 0 Å². The maximum Gasteiger partial charge on any atom is 0.431 e. The van der Waals surface area contributed by atoms with Crippen LogP contribution in [0.25, 0.3) is 0 Å². The molecule has 6 heteroatoms. The molecule has 0 aromatic carbocycles. The van der Waals surface area contributed by atoms with Crippen molar-refractivity contribution in [1.29, 1.82) is 0 Å². The number of methoxy groups -OCH3 is 1. The van der Waals surface area contributed by atoms with Crippen LogP contribution in [0.4, 0.5) is 4.79 Å². The first-order chi connectivity index (χ1) is 4.66. The van der Waals surface area contributed by atoms with Gasteiger partial charge in [0, 0.05) is 0 Å². The largest absolute Gasteiger partial charge is 0.451 e. The highest BCUT2D eigenvalue weighted by molar-refractivity contribution is 5.75. The van der Waals surface area contributed by atoms with Gasteiger partial charge in [-0.15, -0.1) is 0 Å². The van der Waals surface area contributed by atoms with Crippen LogP contribution in [0.1, 0.15) is 0 Å². The third kappa shape index (κ3) is 4.85. The first-order valence-electron chi connectivity index (χ1n) is 2.41. The van der Waals surface area contributed by atoms with Gasteiger partial charge >= 0.3 is 6.09 Å². The molecule has 0 rings (SSSR count). The third-order valence-corrected chi connectivity index (χ3v) is 0.555. The molecule has 0 bridgehead atoms. The second kappa shape index (κ2) is 4.57. The molecule has 0 aliphatic heterocycles. The fourth-order valence-corrected chi connectivity index (χ4v) is 0.208. The maximum atomic E-state index is 10.2. The number of hydrogen-bond donors (Lipinski definition) is 2. The van der Waals surface area contributed by atoms with Gasteiger partial charge in [-0.2, -0.15) is 5.48 Å². The van der Waals surface area contributed by atoms with E-state index in [1.807, 2.05) is 0 Å². The van der Waals surface area contributed by atoms with Crippen LogP contribution in [-0.4, -0.2) is 25.7 Å². The zero-order valence-electron chi connectivity index (χ0n) is 5.42. The van der Waals surface area contributed by atoms with Gasteiger partial charge in [-0.3, -0.25) is 9.63 Å². The van der Waals surface area contributed by atoms with Crippen molar-refractivity contribution in [3.8, 4) is 0 Å². The van der Waals surface area contributed by atoms with Gasteiger partial charge in [0.1, 0.15) is 0 Å². The van der Waals surface area contributed by atoms with Crippen LogP contribution in [0.3, 0.4) is 0 Å². The lowest BCUT2D eigenvalue weighted by Gasteiger charge is -2.00. The zero-order valence-corrected chi connectivity index (χ0v) is 5.42. The van der Waals surface area contributed by atoms with Crippen LogP contribution in [0.2, 0.25) is 0 Å². The van der Waals surface area contributed by atoms with Gasteiger partial charge in [0.05, 0.1) is 7.11 Å². The summed E-state index contributed by atoms with van der Waals surface area (Å²) in [4.78, 5) is 24.4. The second-order valence-corrected chi connectivity index (χ2v) is 1.35. The summed E-state index contributed by atoms with van der Waals surface area (Å²) in [7, 11) is 1.17. The number of carbonyl (C=O) groups is 2. The molecule has 0 atom stereocenters.